The molecule has 0 radical (unpaired) electrons. The molecule has 1 aliphatic rings. The number of carbonyl (C=O) groups is 1. The van der Waals surface area contributed by atoms with Crippen LogP contribution in [0.4, 0.5) is 0 Å². The van der Waals surface area contributed by atoms with Crippen LogP contribution in [0.25, 0.3) is 0 Å². The van der Waals surface area contributed by atoms with E-state index >= 15 is 0 Å². The lowest BCUT2D eigenvalue weighted by Gasteiger charge is -2.27. The van der Waals surface area contributed by atoms with Gasteiger partial charge in [-0.2, -0.15) is 0 Å². The predicted molar refractivity (Wildman–Crippen MR) is 46.9 cm³/mol. The first kappa shape index (κ1) is 8.25. The van der Waals surface area contributed by atoms with Gasteiger partial charge in [0.15, 0.2) is 0 Å². The maximum Gasteiger partial charge on any atom is 0.236 e. The fraction of sp³-hybridized carbons (Fsp3) is 0.500. The fourth-order valence-corrected chi connectivity index (χ4v) is 1.45. The molecule has 2 unspecified atom stereocenters. The Morgan fingerprint density at radius 3 is 3.08 bits per heavy atom. The number of aromatic amines is 1. The van der Waals surface area contributed by atoms with Gasteiger partial charge in [0.25, 0.3) is 0 Å². The molecule has 0 aromatic carbocycles. The number of nitrogens with zero attached hydrogens (tertiary/aromatic N) is 1. The molecule has 1 amide bonds. The van der Waals surface area contributed by atoms with Gasteiger partial charge >= 0.3 is 0 Å². The molecule has 2 rings (SSSR count). The molecule has 1 fully saturated rings. The molecule has 2 atom stereocenters. The zero-order valence-electron chi connectivity index (χ0n) is 7.37. The summed E-state index contributed by atoms with van der Waals surface area (Å²) in [5, 5.41) is 6.01. The second-order valence-electron chi connectivity index (χ2n) is 3.19. The van der Waals surface area contributed by atoms with Crippen molar-refractivity contribution in [3.63, 3.8) is 0 Å². The first-order chi connectivity index (χ1) is 6.27. The second kappa shape index (κ2) is 3.18. The molecule has 1 aliphatic heterocycles. The standard InChI is InChI=1S/C8H12N4O/c1-5-8(13)10-3-7(12-5)6-2-9-4-11-6/h2,4-5,7,12H,3H2,1H3,(H,9,11)(H,10,13). The first-order valence-corrected chi connectivity index (χ1v) is 4.29. The van der Waals surface area contributed by atoms with E-state index in [4.69, 9.17) is 0 Å². The van der Waals surface area contributed by atoms with Gasteiger partial charge in [-0.15, -0.1) is 0 Å². The van der Waals surface area contributed by atoms with Gasteiger partial charge in [0.05, 0.1) is 24.1 Å². The molecule has 13 heavy (non-hydrogen) atoms. The minimum absolute atomic E-state index is 0.0516. The topological polar surface area (TPSA) is 69.8 Å². The number of H-pyrrole nitrogens is 1. The fourth-order valence-electron chi connectivity index (χ4n) is 1.45. The molecule has 3 N–H and O–H groups in total. The van der Waals surface area contributed by atoms with Crippen LogP contribution in [0.15, 0.2) is 12.5 Å². The minimum atomic E-state index is -0.137. The first-order valence-electron chi connectivity index (χ1n) is 4.29. The third-order valence-corrected chi connectivity index (χ3v) is 2.22. The van der Waals surface area contributed by atoms with E-state index < -0.39 is 0 Å². The van der Waals surface area contributed by atoms with Crippen molar-refractivity contribution in [2.45, 2.75) is 19.0 Å². The van der Waals surface area contributed by atoms with E-state index in [1.807, 2.05) is 6.92 Å². The zero-order valence-corrected chi connectivity index (χ0v) is 7.37. The number of piperazine rings is 1. The molecule has 0 spiro atoms. The third-order valence-electron chi connectivity index (χ3n) is 2.22. The predicted octanol–water partition coefficient (Wildman–Crippen LogP) is -0.441. The monoisotopic (exact) mass is 180 g/mol. The van der Waals surface area contributed by atoms with Crippen LogP contribution in [0, 0.1) is 0 Å². The van der Waals surface area contributed by atoms with Gasteiger partial charge < -0.3 is 10.3 Å². The molecule has 0 aliphatic carbocycles. The lowest BCUT2D eigenvalue weighted by Crippen LogP contribution is -2.53. The average Bonchev–Trinajstić information content (AvgIpc) is 2.62. The van der Waals surface area contributed by atoms with E-state index in [2.05, 4.69) is 20.6 Å². The third kappa shape index (κ3) is 1.55. The molecular formula is C8H12N4O. The Kier molecular flexibility index (Phi) is 2.02. The largest absolute Gasteiger partial charge is 0.353 e. The van der Waals surface area contributed by atoms with Gasteiger partial charge in [-0.05, 0) is 6.92 Å². The van der Waals surface area contributed by atoms with Crippen LogP contribution >= 0.6 is 0 Å². The number of hydrogen-bond acceptors (Lipinski definition) is 3. The van der Waals surface area contributed by atoms with Gasteiger partial charge in [-0.3, -0.25) is 10.1 Å². The Morgan fingerprint density at radius 2 is 2.46 bits per heavy atom. The Hall–Kier alpha value is -1.36. The number of carbonyl (C=O) groups excluding carboxylic acids is 1. The van der Waals surface area contributed by atoms with Gasteiger partial charge in [0.2, 0.25) is 5.91 Å². The molecule has 5 nitrogen and oxygen atoms in total. The van der Waals surface area contributed by atoms with Crippen molar-refractivity contribution in [3.8, 4) is 0 Å². The molecule has 1 aromatic heterocycles. The average molecular weight is 180 g/mol. The molecule has 0 saturated carbocycles. The minimum Gasteiger partial charge on any atom is -0.353 e. The summed E-state index contributed by atoms with van der Waals surface area (Å²) in [6.45, 7) is 2.46. The van der Waals surface area contributed by atoms with Crippen LogP contribution in [-0.4, -0.2) is 28.5 Å². The second-order valence-corrected chi connectivity index (χ2v) is 3.19. The Bertz CT molecular complexity index is 295. The summed E-state index contributed by atoms with van der Waals surface area (Å²) < 4.78 is 0. The van der Waals surface area contributed by atoms with Crippen LogP contribution in [0.3, 0.4) is 0 Å². The molecule has 70 valence electrons. The highest BCUT2D eigenvalue weighted by Crippen LogP contribution is 2.11. The van der Waals surface area contributed by atoms with E-state index in [1.54, 1.807) is 12.5 Å². The summed E-state index contributed by atoms with van der Waals surface area (Å²) in [7, 11) is 0. The highest BCUT2D eigenvalue weighted by molar-refractivity contribution is 5.82. The summed E-state index contributed by atoms with van der Waals surface area (Å²) in [6.07, 6.45) is 3.40. The van der Waals surface area contributed by atoms with Crippen molar-refractivity contribution >= 4 is 5.91 Å². The van der Waals surface area contributed by atoms with Crippen molar-refractivity contribution in [1.82, 2.24) is 20.6 Å². The highest BCUT2D eigenvalue weighted by Gasteiger charge is 2.25. The van der Waals surface area contributed by atoms with Gasteiger partial charge in [0.1, 0.15) is 0 Å². The summed E-state index contributed by atoms with van der Waals surface area (Å²) in [6, 6.07) is 0.0113. The Morgan fingerprint density at radius 1 is 1.62 bits per heavy atom. The van der Waals surface area contributed by atoms with Crippen LogP contribution in [0.1, 0.15) is 18.7 Å². The summed E-state index contributed by atoms with van der Waals surface area (Å²) in [4.78, 5) is 18.1. The van der Waals surface area contributed by atoms with E-state index in [1.165, 1.54) is 0 Å². The number of aromatic nitrogens is 2. The Balaban J connectivity index is 2.07. The van der Waals surface area contributed by atoms with Crippen LogP contribution in [0.5, 0.6) is 0 Å². The highest BCUT2D eigenvalue weighted by atomic mass is 16.2. The SMILES string of the molecule is CC1NC(c2cnc[nH]2)CNC1=O. The number of nitrogens with one attached hydrogen (secondary N) is 3. The summed E-state index contributed by atoms with van der Waals surface area (Å²) in [5.41, 5.74) is 1.01. The van der Waals surface area contributed by atoms with Crippen molar-refractivity contribution in [3.05, 3.63) is 18.2 Å². The quantitative estimate of drug-likeness (QED) is 0.548. The van der Waals surface area contributed by atoms with Gasteiger partial charge in [0, 0.05) is 12.7 Å². The molecule has 1 aromatic rings. The normalized spacial score (nSPS) is 28.5. The molecule has 0 bridgehead atoms. The van der Waals surface area contributed by atoms with Crippen molar-refractivity contribution < 1.29 is 4.79 Å². The molecule has 2 heterocycles. The van der Waals surface area contributed by atoms with Crippen molar-refractivity contribution in [2.24, 2.45) is 0 Å². The number of hydrogen-bond donors (Lipinski definition) is 3. The van der Waals surface area contributed by atoms with Crippen molar-refractivity contribution in [2.75, 3.05) is 6.54 Å². The zero-order chi connectivity index (χ0) is 9.26. The molecular weight excluding hydrogens is 168 g/mol. The summed E-state index contributed by atoms with van der Waals surface area (Å²) >= 11 is 0. The van der Waals surface area contributed by atoms with E-state index in [0.717, 1.165) is 5.69 Å². The van der Waals surface area contributed by atoms with Crippen LogP contribution < -0.4 is 10.6 Å². The maximum atomic E-state index is 11.1. The molecule has 5 heteroatoms. The number of rotatable bonds is 1. The van der Waals surface area contributed by atoms with Crippen LogP contribution in [0.2, 0.25) is 0 Å². The number of imidazole rings is 1. The summed E-state index contributed by atoms with van der Waals surface area (Å²) in [5.74, 6) is 0.0516. The van der Waals surface area contributed by atoms with Crippen LogP contribution in [-0.2, 0) is 4.79 Å². The number of amides is 1. The molecule has 1 saturated heterocycles. The van der Waals surface area contributed by atoms with Crippen molar-refractivity contribution in [1.29, 1.82) is 0 Å². The smallest absolute Gasteiger partial charge is 0.236 e. The maximum absolute atomic E-state index is 11.1. The van der Waals surface area contributed by atoms with E-state index in [0.29, 0.717) is 6.54 Å². The van der Waals surface area contributed by atoms with E-state index in [-0.39, 0.29) is 18.0 Å². The lowest BCUT2D eigenvalue weighted by atomic mass is 10.1. The Labute approximate surface area is 75.9 Å². The lowest BCUT2D eigenvalue weighted by molar-refractivity contribution is -0.124. The van der Waals surface area contributed by atoms with E-state index in [9.17, 15) is 4.79 Å². The van der Waals surface area contributed by atoms with Gasteiger partial charge in [-0.1, -0.05) is 0 Å². The van der Waals surface area contributed by atoms with Gasteiger partial charge in [-0.25, -0.2) is 4.98 Å².